The first-order valence-corrected chi connectivity index (χ1v) is 13.6. The highest BCUT2D eigenvalue weighted by molar-refractivity contribution is 14.1. The summed E-state index contributed by atoms with van der Waals surface area (Å²) >= 11 is 3.53. The van der Waals surface area contributed by atoms with Gasteiger partial charge >= 0.3 is 0 Å². The maximum Gasteiger partial charge on any atom is 0.294 e. The third-order valence-corrected chi connectivity index (χ3v) is 6.81. The Morgan fingerprint density at radius 2 is 1.89 bits per heavy atom. The fourth-order valence-corrected chi connectivity index (χ4v) is 4.31. The quantitative estimate of drug-likeness (QED) is 0.125. The number of aryl methyl sites for hydroxylation is 1. The number of thiazole rings is 1. The van der Waals surface area contributed by atoms with Gasteiger partial charge in [-0.05, 0) is 78.9 Å². The Kier molecular flexibility index (Phi) is 9.51. The summed E-state index contributed by atoms with van der Waals surface area (Å²) in [4.78, 5) is 20.6. The molecule has 0 spiro atoms. The van der Waals surface area contributed by atoms with E-state index in [1.165, 1.54) is 23.5 Å². The number of pyridine rings is 1. The van der Waals surface area contributed by atoms with Gasteiger partial charge in [-0.3, -0.25) is 14.7 Å². The fourth-order valence-electron chi connectivity index (χ4n) is 2.62. The summed E-state index contributed by atoms with van der Waals surface area (Å²) in [5.74, 6) is 0.426. The molecule has 2 aromatic heterocycles. The van der Waals surface area contributed by atoms with E-state index in [2.05, 4.69) is 37.9 Å². The zero-order valence-electron chi connectivity index (χ0n) is 18.8. The van der Waals surface area contributed by atoms with Crippen molar-refractivity contribution >= 4 is 65.3 Å². The highest BCUT2D eigenvalue weighted by atomic mass is 127. The van der Waals surface area contributed by atoms with Gasteiger partial charge in [0.05, 0.1) is 15.1 Å². The van der Waals surface area contributed by atoms with E-state index in [0.717, 1.165) is 19.4 Å². The number of aromatic nitrogens is 2. The van der Waals surface area contributed by atoms with Crippen LogP contribution in [0.4, 0.5) is 5.13 Å². The van der Waals surface area contributed by atoms with Crippen molar-refractivity contribution in [2.45, 2.75) is 18.7 Å². The summed E-state index contributed by atoms with van der Waals surface area (Å²) < 4.78 is 42.1. The molecular weight excluding hydrogens is 605 g/mol. The second kappa shape index (κ2) is 12.4. The topological polar surface area (TPSA) is 128 Å². The van der Waals surface area contributed by atoms with Crippen molar-refractivity contribution < 1.29 is 27.2 Å². The van der Waals surface area contributed by atoms with Crippen molar-refractivity contribution in [2.75, 3.05) is 18.7 Å². The first kappa shape index (κ1) is 26.9. The minimum absolute atomic E-state index is 0.0666. The average Bonchev–Trinajstić information content (AvgIpc) is 3.21. The molecule has 35 heavy (non-hydrogen) atoms. The van der Waals surface area contributed by atoms with Crippen LogP contribution in [0.5, 0.6) is 5.75 Å². The number of carbonyl (C=O) groups excluding carboxylic acids is 1. The Balaban J connectivity index is 0.000000261. The molecule has 0 aliphatic carbocycles. The number of halogens is 1. The molecule has 184 valence electrons. The van der Waals surface area contributed by atoms with Gasteiger partial charge in [0.15, 0.2) is 11.9 Å². The lowest BCUT2D eigenvalue weighted by molar-refractivity contribution is 0.0225. The molecule has 0 aliphatic rings. The zero-order valence-corrected chi connectivity index (χ0v) is 22.6. The molecule has 0 bridgehead atoms. The van der Waals surface area contributed by atoms with E-state index >= 15 is 0 Å². The minimum Gasteiger partial charge on any atom is -0.468 e. The van der Waals surface area contributed by atoms with Crippen LogP contribution < -0.4 is 10.1 Å². The molecule has 0 aliphatic heterocycles. The lowest BCUT2D eigenvalue weighted by Crippen LogP contribution is -2.13. The van der Waals surface area contributed by atoms with Crippen LogP contribution in [0, 0.1) is 10.5 Å². The van der Waals surface area contributed by atoms with Crippen LogP contribution in [0.1, 0.15) is 23.0 Å². The van der Waals surface area contributed by atoms with Gasteiger partial charge in [0.25, 0.3) is 16.0 Å². The molecule has 4 aromatic rings. The average molecular weight is 627 g/mol. The second-order valence-corrected chi connectivity index (χ2v) is 10.7. The van der Waals surface area contributed by atoms with Crippen LogP contribution in [0.3, 0.4) is 0 Å². The zero-order chi connectivity index (χ0) is 25.4. The molecule has 0 saturated heterocycles. The first-order chi connectivity index (χ1) is 16.7. The standard InChI is InChI=1S/C16H14IN3O3S.C7H8O3S/c1-2-22-9-23-11-4-6-12-14(7-11)24-16(19-12)20-15(21)13-5-3-10(17)8-18-13;1-6-2-4-7(5-3-6)11(8,9)10/h3-8H,2,9H2,1H3,(H,19,20,21);2-5H,1H3,(H,8,9,10). The number of ether oxygens (including phenoxy) is 2. The Morgan fingerprint density at radius 3 is 2.51 bits per heavy atom. The molecule has 2 aromatic carbocycles. The van der Waals surface area contributed by atoms with Gasteiger partial charge in [-0.1, -0.05) is 29.0 Å². The molecule has 0 fully saturated rings. The van der Waals surface area contributed by atoms with Crippen LogP contribution in [0.15, 0.2) is 65.7 Å². The maximum atomic E-state index is 12.2. The monoisotopic (exact) mass is 627 g/mol. The lowest BCUT2D eigenvalue weighted by Gasteiger charge is -2.04. The van der Waals surface area contributed by atoms with Gasteiger partial charge < -0.3 is 9.47 Å². The number of fused-ring (bicyclic) bond motifs is 1. The number of rotatable bonds is 7. The number of anilines is 1. The van der Waals surface area contributed by atoms with Crippen molar-refractivity contribution in [1.29, 1.82) is 0 Å². The van der Waals surface area contributed by atoms with Gasteiger partial charge in [0.1, 0.15) is 11.4 Å². The van der Waals surface area contributed by atoms with Gasteiger partial charge in [-0.25, -0.2) is 9.97 Å². The summed E-state index contributed by atoms with van der Waals surface area (Å²) in [6.45, 7) is 4.56. The van der Waals surface area contributed by atoms with E-state index in [1.54, 1.807) is 24.4 Å². The molecule has 2 heterocycles. The molecule has 0 atom stereocenters. The molecule has 9 nitrogen and oxygen atoms in total. The van der Waals surface area contributed by atoms with Gasteiger partial charge in [-0.2, -0.15) is 8.42 Å². The lowest BCUT2D eigenvalue weighted by atomic mass is 10.2. The molecule has 2 N–H and O–H groups in total. The molecule has 1 amide bonds. The third-order valence-electron chi connectivity index (χ3n) is 4.37. The molecule has 4 rings (SSSR count). The predicted molar refractivity (Wildman–Crippen MR) is 143 cm³/mol. The molecule has 12 heteroatoms. The van der Waals surface area contributed by atoms with Crippen LogP contribution in [-0.2, 0) is 14.9 Å². The summed E-state index contributed by atoms with van der Waals surface area (Å²) in [7, 11) is -4.02. The Bertz CT molecular complexity index is 1390. The van der Waals surface area contributed by atoms with Crippen LogP contribution in [-0.4, -0.2) is 42.2 Å². The van der Waals surface area contributed by atoms with Crippen molar-refractivity contribution in [3.63, 3.8) is 0 Å². The van der Waals surface area contributed by atoms with Crippen molar-refractivity contribution in [3.8, 4) is 5.75 Å². The second-order valence-electron chi connectivity index (χ2n) is 7.01. The number of benzene rings is 2. The third kappa shape index (κ3) is 8.21. The van der Waals surface area contributed by atoms with Crippen molar-refractivity contribution in [1.82, 2.24) is 9.97 Å². The fraction of sp³-hybridized carbons (Fsp3) is 0.174. The smallest absolute Gasteiger partial charge is 0.294 e. The van der Waals surface area contributed by atoms with E-state index in [9.17, 15) is 13.2 Å². The van der Waals surface area contributed by atoms with E-state index in [1.807, 2.05) is 38.1 Å². The summed E-state index contributed by atoms with van der Waals surface area (Å²) in [6.07, 6.45) is 1.65. The van der Waals surface area contributed by atoms with E-state index in [4.69, 9.17) is 14.0 Å². The largest absolute Gasteiger partial charge is 0.468 e. The van der Waals surface area contributed by atoms with E-state index in [-0.39, 0.29) is 17.6 Å². The van der Waals surface area contributed by atoms with Gasteiger partial charge in [-0.15, -0.1) is 0 Å². The summed E-state index contributed by atoms with van der Waals surface area (Å²) in [5.41, 5.74) is 2.11. The van der Waals surface area contributed by atoms with E-state index in [0.29, 0.717) is 23.2 Å². The Morgan fingerprint density at radius 1 is 1.14 bits per heavy atom. The maximum absolute atomic E-state index is 12.2. The van der Waals surface area contributed by atoms with Crippen molar-refractivity contribution in [2.24, 2.45) is 0 Å². The predicted octanol–water partition coefficient (Wildman–Crippen LogP) is 5.16. The highest BCUT2D eigenvalue weighted by Gasteiger charge is 2.12. The molecular formula is C23H22IN3O6S2. The molecule has 0 unspecified atom stereocenters. The van der Waals surface area contributed by atoms with Gasteiger partial charge in [0, 0.05) is 16.4 Å². The number of amides is 1. The minimum atomic E-state index is -4.02. The number of nitrogens with zero attached hydrogens (tertiary/aromatic N) is 2. The number of hydrogen-bond donors (Lipinski definition) is 2. The Labute approximate surface area is 220 Å². The van der Waals surface area contributed by atoms with Crippen LogP contribution in [0.2, 0.25) is 0 Å². The van der Waals surface area contributed by atoms with Gasteiger partial charge in [0.2, 0.25) is 0 Å². The number of hydrogen-bond acceptors (Lipinski definition) is 8. The van der Waals surface area contributed by atoms with Crippen LogP contribution >= 0.6 is 33.9 Å². The van der Waals surface area contributed by atoms with E-state index < -0.39 is 10.1 Å². The molecule has 0 saturated carbocycles. The Hall–Kier alpha value is -2.65. The summed E-state index contributed by atoms with van der Waals surface area (Å²) in [6, 6.07) is 15.1. The number of nitrogens with one attached hydrogen (secondary N) is 1. The summed E-state index contributed by atoms with van der Waals surface area (Å²) in [5, 5.41) is 3.30. The number of carbonyl (C=O) groups is 1. The highest BCUT2D eigenvalue weighted by Crippen LogP contribution is 2.29. The normalized spacial score (nSPS) is 11.0. The molecule has 0 radical (unpaired) electrons. The van der Waals surface area contributed by atoms with Crippen molar-refractivity contribution in [3.05, 3.63) is 75.6 Å². The SMILES string of the molecule is CCOCOc1ccc2nc(NC(=O)c3ccc(I)cn3)sc2c1.Cc1ccc(S(=O)(=O)O)cc1. The van der Waals surface area contributed by atoms with Crippen LogP contribution in [0.25, 0.3) is 10.2 Å². The first-order valence-electron chi connectivity index (χ1n) is 10.2.